The monoisotopic (exact) mass is 387 g/mol. The zero-order valence-corrected chi connectivity index (χ0v) is 13.1. The van der Waals surface area contributed by atoms with Crippen molar-refractivity contribution in [3.05, 3.63) is 61.8 Å². The Labute approximate surface area is 127 Å². The number of aromatic nitrogens is 1. The van der Waals surface area contributed by atoms with Gasteiger partial charge < -0.3 is 0 Å². The molecule has 92 valence electrons. The van der Waals surface area contributed by atoms with Crippen LogP contribution in [0.5, 0.6) is 0 Å². The number of ketones is 1. The molecule has 0 aliphatic carbocycles. The van der Waals surface area contributed by atoms with Gasteiger partial charge >= 0.3 is 0 Å². The number of hydrogen-bond acceptors (Lipinski definition) is 2. The first-order chi connectivity index (χ1) is 8.56. The van der Waals surface area contributed by atoms with Gasteiger partial charge in [-0.3, -0.25) is 9.78 Å². The number of halogens is 3. The number of carbonyl (C=O) groups is 1. The van der Waals surface area contributed by atoms with Crippen LogP contribution >= 0.6 is 43.5 Å². The third-order valence-corrected chi connectivity index (χ3v) is 3.64. The molecule has 1 aromatic carbocycles. The second-order valence-electron chi connectivity index (χ2n) is 3.69. The molecule has 0 bridgehead atoms. The topological polar surface area (TPSA) is 30.0 Å². The van der Waals surface area contributed by atoms with Crippen LogP contribution in [0.3, 0.4) is 0 Å². The highest BCUT2D eigenvalue weighted by Crippen LogP contribution is 2.22. The van der Waals surface area contributed by atoms with Crippen molar-refractivity contribution in [3.63, 3.8) is 0 Å². The molecule has 2 nitrogen and oxygen atoms in total. The molecule has 0 saturated carbocycles. The van der Waals surface area contributed by atoms with Gasteiger partial charge in [-0.05, 0) is 46.3 Å². The number of Topliss-reactive ketones (excluding diaryl/α,β-unsaturated/α-hetero) is 1. The minimum absolute atomic E-state index is 0.0395. The zero-order chi connectivity index (χ0) is 13.1. The summed E-state index contributed by atoms with van der Waals surface area (Å²) < 4.78 is 1.74. The second kappa shape index (κ2) is 5.95. The molecule has 0 saturated heterocycles. The molecule has 0 amide bonds. The highest BCUT2D eigenvalue weighted by Gasteiger charge is 2.12. The summed E-state index contributed by atoms with van der Waals surface area (Å²) in [6.45, 7) is 0. The molecule has 0 unspecified atom stereocenters. The number of carbonyl (C=O) groups excluding carboxylic acids is 1. The van der Waals surface area contributed by atoms with Gasteiger partial charge in [0.15, 0.2) is 5.78 Å². The van der Waals surface area contributed by atoms with Gasteiger partial charge in [-0.25, -0.2) is 0 Å². The van der Waals surface area contributed by atoms with Gasteiger partial charge in [0.05, 0.1) is 11.4 Å². The molecule has 2 aromatic rings. The Morgan fingerprint density at radius 2 is 1.89 bits per heavy atom. The molecular formula is C13H8Br2ClNO. The van der Waals surface area contributed by atoms with E-state index in [0.717, 1.165) is 14.6 Å². The van der Waals surface area contributed by atoms with Crippen molar-refractivity contribution in [2.45, 2.75) is 6.42 Å². The van der Waals surface area contributed by atoms with E-state index >= 15 is 0 Å². The van der Waals surface area contributed by atoms with Crippen LogP contribution in [0, 0.1) is 0 Å². The third-order valence-electron chi connectivity index (χ3n) is 2.36. The normalized spacial score (nSPS) is 10.4. The van der Waals surface area contributed by atoms with Crippen molar-refractivity contribution < 1.29 is 4.79 Å². The smallest absolute Gasteiger partial charge is 0.170 e. The average molecular weight is 389 g/mol. The number of hydrogen-bond donors (Lipinski definition) is 0. The van der Waals surface area contributed by atoms with E-state index in [2.05, 4.69) is 36.8 Å². The Morgan fingerprint density at radius 1 is 1.17 bits per heavy atom. The van der Waals surface area contributed by atoms with Crippen molar-refractivity contribution in [1.82, 2.24) is 4.98 Å². The minimum atomic E-state index is -0.0395. The Kier molecular flexibility index (Phi) is 4.54. The van der Waals surface area contributed by atoms with Crippen LogP contribution in [0.1, 0.15) is 16.1 Å². The molecule has 1 heterocycles. The molecule has 2 rings (SSSR count). The van der Waals surface area contributed by atoms with E-state index in [-0.39, 0.29) is 12.2 Å². The summed E-state index contributed by atoms with van der Waals surface area (Å²) in [5.41, 5.74) is 1.24. The second-order valence-corrected chi connectivity index (χ2v) is 5.93. The van der Waals surface area contributed by atoms with E-state index < -0.39 is 0 Å². The first-order valence-electron chi connectivity index (χ1n) is 5.15. The van der Waals surface area contributed by atoms with Crippen LogP contribution in [0.2, 0.25) is 5.02 Å². The minimum Gasteiger partial charge on any atom is -0.294 e. The standard InChI is InChI=1S/C13H8Br2ClNO/c14-8-2-4-11(12(16)5-8)13(18)6-10-3-1-9(15)7-17-10/h1-5,7H,6H2. The molecule has 0 N–H and O–H groups in total. The van der Waals surface area contributed by atoms with E-state index in [1.165, 1.54) is 0 Å². The van der Waals surface area contributed by atoms with E-state index in [0.29, 0.717) is 10.6 Å². The summed E-state index contributed by atoms with van der Waals surface area (Å²) in [5, 5.41) is 0.450. The van der Waals surface area contributed by atoms with Crippen LogP contribution in [0.15, 0.2) is 45.5 Å². The Bertz CT molecular complexity index is 584. The molecule has 1 aromatic heterocycles. The molecule has 18 heavy (non-hydrogen) atoms. The van der Waals surface area contributed by atoms with Crippen LogP contribution in [0.4, 0.5) is 0 Å². The van der Waals surface area contributed by atoms with E-state index in [1.807, 2.05) is 12.1 Å². The lowest BCUT2D eigenvalue weighted by Crippen LogP contribution is -2.05. The first-order valence-corrected chi connectivity index (χ1v) is 7.11. The summed E-state index contributed by atoms with van der Waals surface area (Å²) in [4.78, 5) is 16.3. The van der Waals surface area contributed by atoms with E-state index in [1.54, 1.807) is 24.4 Å². The lowest BCUT2D eigenvalue weighted by atomic mass is 10.1. The van der Waals surface area contributed by atoms with Gasteiger partial charge in [-0.1, -0.05) is 27.5 Å². The van der Waals surface area contributed by atoms with Gasteiger partial charge in [-0.15, -0.1) is 0 Å². The highest BCUT2D eigenvalue weighted by molar-refractivity contribution is 9.10. The maximum Gasteiger partial charge on any atom is 0.170 e. The fourth-order valence-corrected chi connectivity index (χ4v) is 2.50. The average Bonchev–Trinajstić information content (AvgIpc) is 2.32. The van der Waals surface area contributed by atoms with Crippen molar-refractivity contribution in [2.24, 2.45) is 0 Å². The number of benzene rings is 1. The summed E-state index contributed by atoms with van der Waals surface area (Å²) in [6, 6.07) is 8.90. The van der Waals surface area contributed by atoms with Gasteiger partial charge in [0.2, 0.25) is 0 Å². The number of nitrogens with zero attached hydrogens (tertiary/aromatic N) is 1. The molecule has 0 aliphatic rings. The van der Waals surface area contributed by atoms with Gasteiger partial charge in [0, 0.05) is 26.4 Å². The van der Waals surface area contributed by atoms with Gasteiger partial charge in [0.25, 0.3) is 0 Å². The van der Waals surface area contributed by atoms with Crippen molar-refractivity contribution >= 4 is 49.2 Å². The largest absolute Gasteiger partial charge is 0.294 e. The molecule has 0 atom stereocenters. The van der Waals surface area contributed by atoms with E-state index in [4.69, 9.17) is 11.6 Å². The maximum atomic E-state index is 12.1. The molecule has 0 radical (unpaired) electrons. The van der Waals surface area contributed by atoms with Crippen molar-refractivity contribution in [1.29, 1.82) is 0 Å². The van der Waals surface area contributed by atoms with E-state index in [9.17, 15) is 4.79 Å². The predicted molar refractivity (Wildman–Crippen MR) is 79.1 cm³/mol. The highest BCUT2D eigenvalue weighted by atomic mass is 79.9. The fourth-order valence-electron chi connectivity index (χ4n) is 1.49. The van der Waals surface area contributed by atoms with Crippen molar-refractivity contribution in [2.75, 3.05) is 0 Å². The lowest BCUT2D eigenvalue weighted by molar-refractivity contribution is 0.0992. The molecule has 5 heteroatoms. The molecule has 0 fully saturated rings. The summed E-state index contributed by atoms with van der Waals surface area (Å²) in [6.07, 6.45) is 1.92. The molecular weight excluding hydrogens is 381 g/mol. The van der Waals surface area contributed by atoms with Crippen LogP contribution < -0.4 is 0 Å². The Hall–Kier alpha value is -0.710. The maximum absolute atomic E-state index is 12.1. The van der Waals surface area contributed by atoms with Crippen LogP contribution in [0.25, 0.3) is 0 Å². The zero-order valence-electron chi connectivity index (χ0n) is 9.16. The summed E-state index contributed by atoms with van der Waals surface area (Å²) >= 11 is 12.6. The lowest BCUT2D eigenvalue weighted by Gasteiger charge is -2.04. The van der Waals surface area contributed by atoms with Gasteiger partial charge in [-0.2, -0.15) is 0 Å². The van der Waals surface area contributed by atoms with Crippen LogP contribution in [-0.4, -0.2) is 10.8 Å². The third kappa shape index (κ3) is 3.40. The summed E-state index contributed by atoms with van der Waals surface area (Å²) in [7, 11) is 0. The first kappa shape index (κ1) is 13.7. The summed E-state index contributed by atoms with van der Waals surface area (Å²) in [5.74, 6) is -0.0395. The Morgan fingerprint density at radius 3 is 2.50 bits per heavy atom. The quantitative estimate of drug-likeness (QED) is 0.713. The SMILES string of the molecule is O=C(Cc1ccc(Br)cn1)c1ccc(Br)cc1Cl. The Balaban J connectivity index is 2.19. The fraction of sp³-hybridized carbons (Fsp3) is 0.0769. The number of rotatable bonds is 3. The van der Waals surface area contributed by atoms with Gasteiger partial charge in [0.1, 0.15) is 0 Å². The van der Waals surface area contributed by atoms with Crippen LogP contribution in [-0.2, 0) is 6.42 Å². The predicted octanol–water partition coefficient (Wildman–Crippen LogP) is 4.69. The van der Waals surface area contributed by atoms with Crippen molar-refractivity contribution in [3.8, 4) is 0 Å². The molecule has 0 aliphatic heterocycles. The molecule has 0 spiro atoms. The number of pyridine rings is 1.